The summed E-state index contributed by atoms with van der Waals surface area (Å²) in [6.07, 6.45) is 3.25. The Balaban J connectivity index is 1.92. The molecule has 0 spiro atoms. The van der Waals surface area contributed by atoms with E-state index in [0.717, 1.165) is 25.0 Å². The quantitative estimate of drug-likeness (QED) is 0.835. The normalized spacial score (nSPS) is 25.6. The Labute approximate surface area is 142 Å². The molecule has 0 heterocycles. The first kappa shape index (κ1) is 17.9. The second kappa shape index (κ2) is 7.86. The van der Waals surface area contributed by atoms with Gasteiger partial charge in [-0.3, -0.25) is 9.59 Å². The van der Waals surface area contributed by atoms with Gasteiger partial charge in [0.05, 0.1) is 16.7 Å². The molecule has 1 saturated carbocycles. The number of carboxylic acid groups (broad SMARTS) is 1. The van der Waals surface area contributed by atoms with Crippen molar-refractivity contribution < 1.29 is 14.7 Å². The lowest BCUT2D eigenvalue weighted by atomic mass is 9.74. The van der Waals surface area contributed by atoms with Gasteiger partial charge in [-0.25, -0.2) is 0 Å². The van der Waals surface area contributed by atoms with E-state index in [0.29, 0.717) is 6.42 Å². The van der Waals surface area contributed by atoms with Crippen LogP contribution in [0.2, 0.25) is 0 Å². The number of benzene rings is 1. The number of amides is 1. The van der Waals surface area contributed by atoms with Gasteiger partial charge in [0.2, 0.25) is 5.91 Å². The zero-order valence-corrected chi connectivity index (χ0v) is 14.6. The summed E-state index contributed by atoms with van der Waals surface area (Å²) in [5.41, 5.74) is 0.548. The fraction of sp³-hybridized carbons (Fsp3) is 0.556. The highest BCUT2D eigenvalue weighted by Gasteiger charge is 2.42. The summed E-state index contributed by atoms with van der Waals surface area (Å²) in [7, 11) is 0. The van der Waals surface area contributed by atoms with Crippen molar-refractivity contribution in [3.8, 4) is 0 Å². The molecule has 1 aromatic carbocycles. The van der Waals surface area contributed by atoms with Crippen LogP contribution < -0.4 is 5.32 Å². The lowest BCUT2D eigenvalue weighted by Crippen LogP contribution is -2.56. The van der Waals surface area contributed by atoms with Crippen LogP contribution in [0.25, 0.3) is 0 Å². The molecule has 0 radical (unpaired) electrons. The maximum atomic E-state index is 12.5. The first-order chi connectivity index (χ1) is 10.9. The van der Waals surface area contributed by atoms with Crippen LogP contribution in [0.4, 0.5) is 0 Å². The fourth-order valence-corrected chi connectivity index (χ4v) is 3.98. The molecule has 3 unspecified atom stereocenters. The molecule has 5 heteroatoms. The lowest BCUT2D eigenvalue weighted by Gasteiger charge is -2.40. The Hall–Kier alpha value is -1.49. The number of carbonyl (C=O) groups is 2. The highest BCUT2D eigenvalue weighted by Crippen LogP contribution is 2.34. The fourth-order valence-electron chi connectivity index (χ4n) is 3.13. The van der Waals surface area contributed by atoms with Crippen LogP contribution in [0.15, 0.2) is 30.3 Å². The smallest absolute Gasteiger partial charge is 0.308 e. The maximum Gasteiger partial charge on any atom is 0.308 e. The number of rotatable bonds is 6. The zero-order valence-electron chi connectivity index (χ0n) is 13.7. The van der Waals surface area contributed by atoms with E-state index < -0.39 is 17.4 Å². The van der Waals surface area contributed by atoms with E-state index in [1.807, 2.05) is 44.2 Å². The molecular weight excluding hydrogens is 310 g/mol. The lowest BCUT2D eigenvalue weighted by molar-refractivity contribution is -0.146. The minimum Gasteiger partial charge on any atom is -0.481 e. The van der Waals surface area contributed by atoms with E-state index in [1.165, 1.54) is 5.56 Å². The van der Waals surface area contributed by atoms with Gasteiger partial charge in [-0.05, 0) is 32.3 Å². The molecule has 2 N–H and O–H groups in total. The summed E-state index contributed by atoms with van der Waals surface area (Å²) in [4.78, 5) is 24.0. The van der Waals surface area contributed by atoms with Crippen molar-refractivity contribution in [1.82, 2.24) is 5.32 Å². The van der Waals surface area contributed by atoms with Crippen molar-refractivity contribution >= 4 is 23.6 Å². The van der Waals surface area contributed by atoms with Gasteiger partial charge in [0, 0.05) is 5.75 Å². The summed E-state index contributed by atoms with van der Waals surface area (Å²) in [5.74, 6) is -0.598. The van der Waals surface area contributed by atoms with Gasteiger partial charge in [0.15, 0.2) is 0 Å². The van der Waals surface area contributed by atoms with E-state index in [9.17, 15) is 14.7 Å². The molecule has 1 aliphatic carbocycles. The average Bonchev–Trinajstić information content (AvgIpc) is 2.53. The number of nitrogens with one attached hydrogen (secondary N) is 1. The molecule has 0 saturated heterocycles. The predicted molar refractivity (Wildman–Crippen MR) is 93.3 cm³/mol. The Morgan fingerprint density at radius 2 is 2.04 bits per heavy atom. The van der Waals surface area contributed by atoms with Crippen LogP contribution in [0.3, 0.4) is 0 Å². The van der Waals surface area contributed by atoms with Crippen LogP contribution >= 0.6 is 11.8 Å². The highest BCUT2D eigenvalue weighted by atomic mass is 32.2. The number of hydrogen-bond acceptors (Lipinski definition) is 3. The van der Waals surface area contributed by atoms with Gasteiger partial charge in [-0.1, -0.05) is 43.2 Å². The van der Waals surface area contributed by atoms with E-state index in [-0.39, 0.29) is 11.2 Å². The Kier molecular flexibility index (Phi) is 6.10. The SMILES string of the molecule is CC(SCc1ccccc1)C(=O)NC1(C)CCCCC1C(=O)O. The van der Waals surface area contributed by atoms with Gasteiger partial charge in [0.1, 0.15) is 0 Å². The van der Waals surface area contributed by atoms with E-state index >= 15 is 0 Å². The van der Waals surface area contributed by atoms with Crippen molar-refractivity contribution in [1.29, 1.82) is 0 Å². The third-order valence-corrected chi connectivity index (χ3v) is 5.84. The highest BCUT2D eigenvalue weighted by molar-refractivity contribution is 7.99. The van der Waals surface area contributed by atoms with Crippen LogP contribution in [0.1, 0.15) is 45.1 Å². The molecule has 4 nitrogen and oxygen atoms in total. The zero-order chi connectivity index (χ0) is 16.9. The van der Waals surface area contributed by atoms with Gasteiger partial charge >= 0.3 is 5.97 Å². The van der Waals surface area contributed by atoms with Gasteiger partial charge in [-0.2, -0.15) is 0 Å². The topological polar surface area (TPSA) is 66.4 Å². The number of aliphatic carboxylic acids is 1. The molecule has 1 aromatic rings. The Morgan fingerprint density at radius 3 is 2.70 bits per heavy atom. The minimum atomic E-state index is -0.808. The predicted octanol–water partition coefficient (Wildman–Crippen LogP) is 3.46. The molecule has 126 valence electrons. The first-order valence-electron chi connectivity index (χ1n) is 8.13. The number of thioether (sulfide) groups is 1. The Morgan fingerprint density at radius 1 is 1.35 bits per heavy atom. The first-order valence-corrected chi connectivity index (χ1v) is 9.17. The largest absolute Gasteiger partial charge is 0.481 e. The Bertz CT molecular complexity index is 548. The number of carbonyl (C=O) groups excluding carboxylic acids is 1. The second-order valence-corrected chi connectivity index (χ2v) is 7.81. The third kappa shape index (κ3) is 4.74. The molecule has 1 aliphatic rings. The van der Waals surface area contributed by atoms with Crippen molar-refractivity contribution in [2.45, 2.75) is 56.1 Å². The summed E-state index contributed by atoms with van der Waals surface area (Å²) in [6.45, 7) is 3.75. The summed E-state index contributed by atoms with van der Waals surface area (Å²) in [6, 6.07) is 10.0. The van der Waals surface area contributed by atoms with Gasteiger partial charge in [0.25, 0.3) is 0 Å². The van der Waals surface area contributed by atoms with E-state index in [4.69, 9.17) is 0 Å². The van der Waals surface area contributed by atoms with Gasteiger partial charge < -0.3 is 10.4 Å². The minimum absolute atomic E-state index is 0.0680. The summed E-state index contributed by atoms with van der Waals surface area (Å²) < 4.78 is 0. The molecule has 0 aliphatic heterocycles. The molecule has 0 aromatic heterocycles. The van der Waals surface area contributed by atoms with Crippen LogP contribution in [-0.4, -0.2) is 27.8 Å². The molecule has 3 atom stereocenters. The average molecular weight is 335 g/mol. The third-order valence-electron chi connectivity index (χ3n) is 4.63. The van der Waals surface area contributed by atoms with Crippen LogP contribution in [0, 0.1) is 5.92 Å². The number of hydrogen-bond donors (Lipinski definition) is 2. The molecule has 1 fully saturated rings. The van der Waals surface area contributed by atoms with E-state index in [2.05, 4.69) is 5.32 Å². The van der Waals surface area contributed by atoms with Crippen LogP contribution in [-0.2, 0) is 15.3 Å². The molecule has 23 heavy (non-hydrogen) atoms. The molecular formula is C18H25NO3S. The summed E-state index contributed by atoms with van der Waals surface area (Å²) in [5, 5.41) is 12.2. The van der Waals surface area contributed by atoms with Crippen LogP contribution in [0.5, 0.6) is 0 Å². The molecule has 0 bridgehead atoms. The van der Waals surface area contributed by atoms with Crippen molar-refractivity contribution in [2.24, 2.45) is 5.92 Å². The van der Waals surface area contributed by atoms with Crippen molar-refractivity contribution in [3.05, 3.63) is 35.9 Å². The van der Waals surface area contributed by atoms with Gasteiger partial charge in [-0.15, -0.1) is 11.8 Å². The summed E-state index contributed by atoms with van der Waals surface area (Å²) >= 11 is 1.58. The standard InChI is InChI=1S/C18H25NO3S/c1-13(23-12-14-8-4-3-5-9-14)16(20)19-18(2)11-7-6-10-15(18)17(21)22/h3-5,8-9,13,15H,6-7,10-12H2,1-2H3,(H,19,20)(H,21,22). The number of carboxylic acids is 1. The van der Waals surface area contributed by atoms with Crippen molar-refractivity contribution in [2.75, 3.05) is 0 Å². The van der Waals surface area contributed by atoms with Crippen molar-refractivity contribution in [3.63, 3.8) is 0 Å². The maximum absolute atomic E-state index is 12.5. The second-order valence-electron chi connectivity index (χ2n) is 6.48. The van der Waals surface area contributed by atoms with E-state index in [1.54, 1.807) is 11.8 Å². The molecule has 2 rings (SSSR count). The monoisotopic (exact) mass is 335 g/mol. The molecule has 1 amide bonds.